The Labute approximate surface area is 229 Å². The first-order chi connectivity index (χ1) is 17.7. The maximum absolute atomic E-state index is 12.8. The number of rotatable bonds is 4. The molecule has 1 aliphatic rings. The van der Waals surface area contributed by atoms with Gasteiger partial charge in [-0.15, -0.1) is 0 Å². The quantitative estimate of drug-likeness (QED) is 0.174. The minimum absolute atomic E-state index is 0.0502. The van der Waals surface area contributed by atoms with Crippen LogP contribution in [-0.4, -0.2) is 36.4 Å². The molecule has 0 spiro atoms. The minimum Gasteiger partial charge on any atom is -0.504 e. The number of phenolic OH excluding ortho intramolecular Hbond substituents is 2. The van der Waals surface area contributed by atoms with Crippen LogP contribution in [0.2, 0.25) is 0 Å². The monoisotopic (exact) mass is 622 g/mol. The van der Waals surface area contributed by atoms with Gasteiger partial charge in [-0.2, -0.15) is 0 Å². The van der Waals surface area contributed by atoms with Crippen molar-refractivity contribution in [2.75, 3.05) is 14.2 Å². The van der Waals surface area contributed by atoms with E-state index in [4.69, 9.17) is 9.47 Å². The van der Waals surface area contributed by atoms with Gasteiger partial charge in [0.1, 0.15) is 0 Å². The van der Waals surface area contributed by atoms with Gasteiger partial charge in [-0.25, -0.2) is 9.59 Å². The second-order valence-corrected chi connectivity index (χ2v) is 10.4. The number of benzene rings is 4. The number of esters is 2. The lowest BCUT2D eigenvalue weighted by Gasteiger charge is -2.34. The van der Waals surface area contributed by atoms with Crippen LogP contribution in [0.4, 0.5) is 0 Å². The number of aromatic hydroxyl groups is 2. The molecule has 0 bridgehead atoms. The maximum Gasteiger partial charge on any atom is 0.338 e. The van der Waals surface area contributed by atoms with Gasteiger partial charge in [-0.3, -0.25) is 0 Å². The highest BCUT2D eigenvalue weighted by atomic mass is 79.9. The highest BCUT2D eigenvalue weighted by Gasteiger charge is 2.47. The van der Waals surface area contributed by atoms with E-state index >= 15 is 0 Å². The number of hydrogen-bond donors (Lipinski definition) is 2. The number of ether oxygens (including phenoxy) is 2. The van der Waals surface area contributed by atoms with Crippen LogP contribution in [0.1, 0.15) is 43.0 Å². The molecule has 6 nitrogen and oxygen atoms in total. The van der Waals surface area contributed by atoms with Crippen molar-refractivity contribution in [2.45, 2.75) is 5.41 Å². The summed E-state index contributed by atoms with van der Waals surface area (Å²) in [4.78, 5) is 25.3. The standard InChI is InChI=1S/C29H20Br2O6/c1-36-27(34)21-7-3-15(11-22(21)28(35)37-2)29(16-4-10-25(32)26(33)12-16)23-13-17(30)5-8-19(23)20-9-6-18(31)14-24(20)29/h3-14,32-33H,1-2H3. The summed E-state index contributed by atoms with van der Waals surface area (Å²) in [5.74, 6) is -1.89. The molecule has 0 radical (unpaired) electrons. The lowest BCUT2D eigenvalue weighted by Crippen LogP contribution is -2.29. The normalized spacial score (nSPS) is 13.0. The van der Waals surface area contributed by atoms with Crippen molar-refractivity contribution in [1.82, 2.24) is 0 Å². The highest BCUT2D eigenvalue weighted by Crippen LogP contribution is 2.57. The van der Waals surface area contributed by atoms with Crippen LogP contribution >= 0.6 is 31.9 Å². The largest absolute Gasteiger partial charge is 0.504 e. The van der Waals surface area contributed by atoms with Gasteiger partial charge in [0.25, 0.3) is 0 Å². The van der Waals surface area contributed by atoms with Crippen molar-refractivity contribution in [2.24, 2.45) is 0 Å². The van der Waals surface area contributed by atoms with Gasteiger partial charge >= 0.3 is 11.9 Å². The van der Waals surface area contributed by atoms with Gasteiger partial charge in [0, 0.05) is 8.95 Å². The SMILES string of the molecule is COC(=O)c1ccc(C2(c3ccc(O)c(O)c3)c3cc(Br)ccc3-c3ccc(Br)cc32)cc1C(=O)OC. The van der Waals surface area contributed by atoms with E-state index in [9.17, 15) is 19.8 Å². The fourth-order valence-electron chi connectivity index (χ4n) is 5.16. The molecule has 0 atom stereocenters. The molecule has 0 saturated carbocycles. The van der Waals surface area contributed by atoms with Gasteiger partial charge in [-0.1, -0.05) is 56.1 Å². The van der Waals surface area contributed by atoms with E-state index in [-0.39, 0.29) is 22.6 Å². The zero-order chi connectivity index (χ0) is 26.5. The summed E-state index contributed by atoms with van der Waals surface area (Å²) in [7, 11) is 2.49. The van der Waals surface area contributed by atoms with Gasteiger partial charge in [0.15, 0.2) is 11.5 Å². The fourth-order valence-corrected chi connectivity index (χ4v) is 5.88. The summed E-state index contributed by atoms with van der Waals surface area (Å²) >= 11 is 7.20. The smallest absolute Gasteiger partial charge is 0.338 e. The molecule has 0 saturated heterocycles. The van der Waals surface area contributed by atoms with E-state index in [1.807, 2.05) is 36.4 Å². The van der Waals surface area contributed by atoms with E-state index in [0.29, 0.717) is 11.1 Å². The summed E-state index contributed by atoms with van der Waals surface area (Å²) in [5.41, 5.74) is 4.12. The van der Waals surface area contributed by atoms with Gasteiger partial charge in [0.2, 0.25) is 0 Å². The van der Waals surface area contributed by atoms with E-state index in [2.05, 4.69) is 31.9 Å². The molecular formula is C29H20Br2O6. The van der Waals surface area contributed by atoms with Crippen LogP contribution in [-0.2, 0) is 14.9 Å². The number of fused-ring (bicyclic) bond motifs is 3. The maximum atomic E-state index is 12.8. The predicted octanol–water partition coefficient (Wildman–Crippen LogP) is 6.56. The third kappa shape index (κ3) is 3.83. The summed E-state index contributed by atoms with van der Waals surface area (Å²) in [6.45, 7) is 0. The van der Waals surface area contributed by atoms with Gasteiger partial charge in [0.05, 0.1) is 30.8 Å². The molecule has 8 heteroatoms. The van der Waals surface area contributed by atoms with Crippen LogP contribution in [0.25, 0.3) is 11.1 Å². The first kappa shape index (κ1) is 25.0. The Morgan fingerprint density at radius 3 is 1.70 bits per heavy atom. The molecule has 0 amide bonds. The molecule has 1 aliphatic carbocycles. The second-order valence-electron chi connectivity index (χ2n) is 8.58. The van der Waals surface area contributed by atoms with Gasteiger partial charge < -0.3 is 19.7 Å². The molecule has 4 aromatic carbocycles. The highest BCUT2D eigenvalue weighted by molar-refractivity contribution is 9.10. The zero-order valence-electron chi connectivity index (χ0n) is 19.7. The molecule has 0 aliphatic heterocycles. The Balaban J connectivity index is 1.96. The Kier molecular flexibility index (Phi) is 6.33. The predicted molar refractivity (Wildman–Crippen MR) is 145 cm³/mol. The van der Waals surface area contributed by atoms with Gasteiger partial charge in [-0.05, 0) is 81.9 Å². The van der Waals surface area contributed by atoms with Crippen molar-refractivity contribution in [1.29, 1.82) is 0 Å². The first-order valence-electron chi connectivity index (χ1n) is 11.2. The summed E-state index contributed by atoms with van der Waals surface area (Å²) in [5, 5.41) is 20.7. The molecule has 0 fully saturated rings. The lowest BCUT2D eigenvalue weighted by atomic mass is 9.67. The zero-order valence-corrected chi connectivity index (χ0v) is 22.9. The molecule has 37 heavy (non-hydrogen) atoms. The number of hydrogen-bond acceptors (Lipinski definition) is 6. The van der Waals surface area contributed by atoms with Crippen molar-refractivity contribution in [3.8, 4) is 22.6 Å². The first-order valence-corrected chi connectivity index (χ1v) is 12.7. The summed E-state index contributed by atoms with van der Waals surface area (Å²) in [6.07, 6.45) is 0. The third-order valence-electron chi connectivity index (χ3n) is 6.73. The molecule has 0 aromatic heterocycles. The number of phenols is 2. The van der Waals surface area contributed by atoms with Crippen LogP contribution in [0.5, 0.6) is 11.5 Å². The third-order valence-corrected chi connectivity index (χ3v) is 7.72. The second kappa shape index (κ2) is 9.36. The van der Waals surface area contributed by atoms with Crippen molar-refractivity contribution in [3.63, 3.8) is 0 Å². The summed E-state index contributed by atoms with van der Waals surface area (Å²) in [6, 6.07) is 21.6. The van der Waals surface area contributed by atoms with Crippen molar-refractivity contribution < 1.29 is 29.3 Å². The number of methoxy groups -OCH3 is 2. The average Bonchev–Trinajstić information content (AvgIpc) is 3.18. The Bertz CT molecular complexity index is 1540. The van der Waals surface area contributed by atoms with Crippen molar-refractivity contribution >= 4 is 43.8 Å². The Morgan fingerprint density at radius 1 is 0.649 bits per heavy atom. The molecule has 4 aromatic rings. The van der Waals surface area contributed by atoms with Crippen LogP contribution in [0.15, 0.2) is 81.7 Å². The van der Waals surface area contributed by atoms with E-state index in [1.165, 1.54) is 26.4 Å². The molecular weight excluding hydrogens is 604 g/mol. The molecule has 0 heterocycles. The van der Waals surface area contributed by atoms with Crippen molar-refractivity contribution in [3.05, 3.63) is 115 Å². The Hall–Kier alpha value is -3.62. The van der Waals surface area contributed by atoms with E-state index < -0.39 is 17.4 Å². The molecule has 2 N–H and O–H groups in total. The average molecular weight is 624 g/mol. The number of carbonyl (C=O) groups is 2. The van der Waals surface area contributed by atoms with Crippen LogP contribution in [0, 0.1) is 0 Å². The molecule has 186 valence electrons. The minimum atomic E-state index is -1.03. The Morgan fingerprint density at radius 2 is 1.16 bits per heavy atom. The number of halogens is 2. The number of carbonyl (C=O) groups excluding carboxylic acids is 2. The van der Waals surface area contributed by atoms with Crippen LogP contribution in [0.3, 0.4) is 0 Å². The molecule has 0 unspecified atom stereocenters. The van der Waals surface area contributed by atoms with Crippen LogP contribution < -0.4 is 0 Å². The lowest BCUT2D eigenvalue weighted by molar-refractivity contribution is 0.0555. The summed E-state index contributed by atoms with van der Waals surface area (Å²) < 4.78 is 11.6. The van der Waals surface area contributed by atoms with E-state index in [1.54, 1.807) is 24.3 Å². The molecule has 5 rings (SSSR count). The topological polar surface area (TPSA) is 93.1 Å². The van der Waals surface area contributed by atoms with E-state index in [0.717, 1.165) is 31.2 Å². The fraction of sp³-hybridized carbons (Fsp3) is 0.103.